The zero-order valence-electron chi connectivity index (χ0n) is 21.7. The molecule has 1 heterocycles. The van der Waals surface area contributed by atoms with E-state index in [0.29, 0.717) is 24.5 Å². The van der Waals surface area contributed by atoms with E-state index in [9.17, 15) is 13.2 Å². The van der Waals surface area contributed by atoms with Gasteiger partial charge in [0.2, 0.25) is 10.0 Å². The Morgan fingerprint density at radius 1 is 1.22 bits per heavy atom. The minimum Gasteiger partial charge on any atom is -0.492 e. The van der Waals surface area contributed by atoms with Crippen LogP contribution in [0.5, 0.6) is 5.75 Å². The summed E-state index contributed by atoms with van der Waals surface area (Å²) in [4.78, 5) is 17.5. The standard InChI is InChI=1S/C25H38N4O5S2/c1-16(2)34-24(30)28-18-8-6-17(7-9-18)23-27-15-21(35-23)20-11-10-19(33-13-12-26)14-22(20)36(31,32)29-25(3,4)5/h10-11,14-18,29H,6-9,12-13,26H2,1-5H3,(H,28,30). The van der Waals surface area contributed by atoms with Gasteiger partial charge in [-0.1, -0.05) is 0 Å². The quantitative estimate of drug-likeness (QED) is 0.431. The van der Waals surface area contributed by atoms with Gasteiger partial charge in [0.15, 0.2) is 0 Å². The summed E-state index contributed by atoms with van der Waals surface area (Å²) in [6, 6.07) is 5.16. The molecule has 1 aromatic carbocycles. The smallest absolute Gasteiger partial charge is 0.407 e. The molecule has 0 radical (unpaired) electrons. The molecule has 200 valence electrons. The van der Waals surface area contributed by atoms with Crippen molar-refractivity contribution in [1.29, 1.82) is 0 Å². The molecule has 0 atom stereocenters. The van der Waals surface area contributed by atoms with Crippen LogP contribution in [0.4, 0.5) is 4.79 Å². The van der Waals surface area contributed by atoms with Crippen LogP contribution < -0.4 is 20.5 Å². The monoisotopic (exact) mass is 538 g/mol. The van der Waals surface area contributed by atoms with Crippen molar-refractivity contribution < 1.29 is 22.7 Å². The van der Waals surface area contributed by atoms with Crippen LogP contribution in [-0.2, 0) is 14.8 Å². The van der Waals surface area contributed by atoms with Crippen molar-refractivity contribution in [2.24, 2.45) is 5.73 Å². The van der Waals surface area contributed by atoms with E-state index in [1.54, 1.807) is 45.2 Å². The Balaban J connectivity index is 1.79. The molecule has 1 saturated carbocycles. The van der Waals surface area contributed by atoms with E-state index in [2.05, 4.69) is 15.0 Å². The number of aromatic nitrogens is 1. The molecule has 9 nitrogen and oxygen atoms in total. The Morgan fingerprint density at radius 2 is 1.92 bits per heavy atom. The highest BCUT2D eigenvalue weighted by atomic mass is 32.2. The van der Waals surface area contributed by atoms with Gasteiger partial charge in [0.1, 0.15) is 12.4 Å². The Hall–Kier alpha value is -2.21. The fourth-order valence-electron chi connectivity index (χ4n) is 4.15. The van der Waals surface area contributed by atoms with Crippen LogP contribution in [0.15, 0.2) is 29.3 Å². The second-order valence-corrected chi connectivity index (χ2v) is 13.1. The lowest BCUT2D eigenvalue weighted by Crippen LogP contribution is -2.40. The van der Waals surface area contributed by atoms with E-state index in [1.807, 2.05) is 13.8 Å². The number of nitrogens with one attached hydrogen (secondary N) is 2. The first-order valence-electron chi connectivity index (χ1n) is 12.3. The van der Waals surface area contributed by atoms with E-state index in [1.165, 1.54) is 11.3 Å². The largest absolute Gasteiger partial charge is 0.492 e. The number of hydrogen-bond donors (Lipinski definition) is 3. The number of amides is 1. The molecule has 1 aliphatic rings. The summed E-state index contributed by atoms with van der Waals surface area (Å²) in [5, 5.41) is 3.92. The van der Waals surface area contributed by atoms with Gasteiger partial charge >= 0.3 is 6.09 Å². The summed E-state index contributed by atoms with van der Waals surface area (Å²) >= 11 is 1.51. The Morgan fingerprint density at radius 3 is 2.53 bits per heavy atom. The number of ether oxygens (including phenoxy) is 2. The number of carbonyl (C=O) groups is 1. The number of nitrogens with two attached hydrogens (primary N) is 1. The van der Waals surface area contributed by atoms with Crippen molar-refractivity contribution in [3.05, 3.63) is 29.4 Å². The SMILES string of the molecule is CC(C)OC(=O)NC1CCC(c2ncc(-c3ccc(OCCN)cc3S(=O)(=O)NC(C)(C)C)s2)CC1. The first-order valence-corrected chi connectivity index (χ1v) is 14.6. The van der Waals surface area contributed by atoms with Gasteiger partial charge in [0.25, 0.3) is 0 Å². The van der Waals surface area contributed by atoms with Gasteiger partial charge in [0.05, 0.1) is 20.9 Å². The van der Waals surface area contributed by atoms with Gasteiger partial charge in [-0.05, 0) is 72.4 Å². The molecule has 36 heavy (non-hydrogen) atoms. The third-order valence-electron chi connectivity index (χ3n) is 5.60. The predicted octanol–water partition coefficient (Wildman–Crippen LogP) is 4.39. The second-order valence-electron chi connectivity index (χ2n) is 10.4. The Bertz CT molecular complexity index is 1130. The lowest BCUT2D eigenvalue weighted by Gasteiger charge is -2.28. The Labute approximate surface area is 218 Å². The van der Waals surface area contributed by atoms with E-state index < -0.39 is 15.6 Å². The third kappa shape index (κ3) is 7.89. The molecule has 4 N–H and O–H groups in total. The minimum absolute atomic E-state index is 0.0909. The molecule has 0 unspecified atom stereocenters. The zero-order chi connectivity index (χ0) is 26.5. The van der Waals surface area contributed by atoms with Crippen LogP contribution in [0, 0.1) is 0 Å². The number of benzene rings is 1. The van der Waals surface area contributed by atoms with Gasteiger partial charge in [-0.2, -0.15) is 0 Å². The molecule has 2 aromatic rings. The average molecular weight is 539 g/mol. The van der Waals surface area contributed by atoms with Gasteiger partial charge in [-0.3, -0.25) is 0 Å². The van der Waals surface area contributed by atoms with Crippen LogP contribution >= 0.6 is 11.3 Å². The van der Waals surface area contributed by atoms with E-state index in [4.69, 9.17) is 15.2 Å². The first-order chi connectivity index (χ1) is 16.9. The number of carbonyl (C=O) groups excluding carboxylic acids is 1. The van der Waals surface area contributed by atoms with E-state index >= 15 is 0 Å². The molecular formula is C25H38N4O5S2. The highest BCUT2D eigenvalue weighted by Gasteiger charge is 2.29. The van der Waals surface area contributed by atoms with Gasteiger partial charge in [0, 0.05) is 41.9 Å². The zero-order valence-corrected chi connectivity index (χ0v) is 23.3. The fourth-order valence-corrected chi connectivity index (χ4v) is 7.00. The van der Waals surface area contributed by atoms with E-state index in [-0.39, 0.29) is 29.1 Å². The molecule has 1 aromatic heterocycles. The molecule has 3 rings (SSSR count). The fraction of sp³-hybridized carbons (Fsp3) is 0.600. The van der Waals surface area contributed by atoms with Crippen LogP contribution in [-0.4, -0.2) is 50.3 Å². The summed E-state index contributed by atoms with van der Waals surface area (Å²) in [5.74, 6) is 0.716. The highest BCUT2D eigenvalue weighted by Crippen LogP contribution is 2.40. The lowest BCUT2D eigenvalue weighted by atomic mass is 9.86. The van der Waals surface area contributed by atoms with Crippen molar-refractivity contribution in [2.75, 3.05) is 13.2 Å². The van der Waals surface area contributed by atoms with Crippen LogP contribution in [0.3, 0.4) is 0 Å². The summed E-state index contributed by atoms with van der Waals surface area (Å²) in [6.07, 6.45) is 4.69. The highest BCUT2D eigenvalue weighted by molar-refractivity contribution is 7.89. The topological polar surface area (TPSA) is 133 Å². The summed E-state index contributed by atoms with van der Waals surface area (Å²) < 4.78 is 40.2. The van der Waals surface area contributed by atoms with Crippen molar-refractivity contribution >= 4 is 27.5 Å². The van der Waals surface area contributed by atoms with Crippen molar-refractivity contribution in [1.82, 2.24) is 15.0 Å². The Kier molecular flexibility index (Phi) is 9.37. The van der Waals surface area contributed by atoms with Crippen LogP contribution in [0.25, 0.3) is 10.4 Å². The number of alkyl carbamates (subject to hydrolysis) is 1. The second kappa shape index (κ2) is 11.9. The van der Waals surface area contributed by atoms with Crippen molar-refractivity contribution in [3.8, 4) is 16.2 Å². The molecule has 11 heteroatoms. The number of sulfonamides is 1. The summed E-state index contributed by atoms with van der Waals surface area (Å²) in [7, 11) is -3.82. The maximum absolute atomic E-state index is 13.3. The molecule has 0 saturated heterocycles. The van der Waals surface area contributed by atoms with Crippen LogP contribution in [0.1, 0.15) is 71.2 Å². The van der Waals surface area contributed by atoms with E-state index in [0.717, 1.165) is 35.6 Å². The van der Waals surface area contributed by atoms with Gasteiger partial charge < -0.3 is 20.5 Å². The average Bonchev–Trinajstić information content (AvgIpc) is 3.26. The first kappa shape index (κ1) is 28.4. The molecule has 0 aliphatic heterocycles. The maximum Gasteiger partial charge on any atom is 0.407 e. The lowest BCUT2D eigenvalue weighted by molar-refractivity contribution is 0.109. The van der Waals surface area contributed by atoms with Gasteiger partial charge in [-0.15, -0.1) is 11.3 Å². The van der Waals surface area contributed by atoms with Gasteiger partial charge in [-0.25, -0.2) is 22.9 Å². The normalized spacial score (nSPS) is 18.8. The number of hydrogen-bond acceptors (Lipinski definition) is 8. The third-order valence-corrected chi connectivity index (χ3v) is 8.59. The molecular weight excluding hydrogens is 500 g/mol. The molecule has 0 spiro atoms. The number of rotatable bonds is 9. The number of thiazole rings is 1. The van der Waals surface area contributed by atoms with Crippen molar-refractivity contribution in [2.45, 2.75) is 88.8 Å². The summed E-state index contributed by atoms with van der Waals surface area (Å²) in [5.41, 5.74) is 5.48. The number of nitrogens with zero attached hydrogens (tertiary/aromatic N) is 1. The minimum atomic E-state index is -3.82. The molecule has 1 amide bonds. The molecule has 1 aliphatic carbocycles. The summed E-state index contributed by atoms with van der Waals surface area (Å²) in [6.45, 7) is 9.69. The molecule has 1 fully saturated rings. The predicted molar refractivity (Wildman–Crippen MR) is 142 cm³/mol. The van der Waals surface area contributed by atoms with Crippen LogP contribution in [0.2, 0.25) is 0 Å². The van der Waals surface area contributed by atoms with Crippen molar-refractivity contribution in [3.63, 3.8) is 0 Å². The molecule has 0 bridgehead atoms. The maximum atomic E-state index is 13.3.